The number of hydrogen-bond acceptors (Lipinski definition) is 4. The molecule has 0 heterocycles. The van der Waals surface area contributed by atoms with Crippen molar-refractivity contribution in [3.8, 4) is 0 Å². The van der Waals surface area contributed by atoms with Crippen LogP contribution in [-0.2, 0) is 9.59 Å². The molecule has 0 aliphatic rings. The van der Waals surface area contributed by atoms with Gasteiger partial charge in [-0.2, -0.15) is 23.5 Å². The molecule has 0 spiro atoms. The number of carbonyl (C=O) groups is 2. The maximum atomic E-state index is 10.4. The summed E-state index contributed by atoms with van der Waals surface area (Å²) in [4.78, 5) is 20.9. The Morgan fingerprint density at radius 2 is 0.667 bits per heavy atom. The first kappa shape index (κ1) is 35.8. The first-order valence-electron chi connectivity index (χ1n) is 13.2. The van der Waals surface area contributed by atoms with Crippen molar-refractivity contribution in [1.82, 2.24) is 0 Å². The van der Waals surface area contributed by atoms with Gasteiger partial charge in [0.25, 0.3) is 0 Å². The molecule has 0 aromatic rings. The molecule has 2 N–H and O–H groups in total. The zero-order chi connectivity index (χ0) is 23.5. The fourth-order valence-corrected chi connectivity index (χ4v) is 5.93. The summed E-state index contributed by atoms with van der Waals surface area (Å²) in [5.41, 5.74) is 0. The number of thioether (sulfide) groups is 2. The van der Waals surface area contributed by atoms with E-state index < -0.39 is 11.9 Å². The van der Waals surface area contributed by atoms with Gasteiger partial charge in [-0.3, -0.25) is 9.59 Å². The Morgan fingerprint density at radius 3 is 0.939 bits per heavy atom. The maximum absolute atomic E-state index is 10.4. The summed E-state index contributed by atoms with van der Waals surface area (Å²) in [6.45, 7) is 0. The van der Waals surface area contributed by atoms with Gasteiger partial charge >= 0.3 is 41.5 Å². The van der Waals surface area contributed by atoms with Crippen molar-refractivity contribution in [2.24, 2.45) is 0 Å². The molecule has 4 nitrogen and oxygen atoms in total. The summed E-state index contributed by atoms with van der Waals surface area (Å²) < 4.78 is 0. The van der Waals surface area contributed by atoms with E-state index >= 15 is 0 Å². The monoisotopic (exact) mass is 514 g/mol. The Balaban J connectivity index is -0.00000480. The number of hydrogen-bond donors (Lipinski definition) is 2. The molecule has 0 unspecified atom stereocenters. The Bertz CT molecular complexity index is 394. The van der Waals surface area contributed by atoms with Crippen LogP contribution < -0.4 is 29.6 Å². The van der Waals surface area contributed by atoms with E-state index in [1.54, 1.807) is 0 Å². The smallest absolute Gasteiger partial charge is 1.00 e. The molecular weight excluding hydrogens is 463 g/mol. The number of unbranched alkanes of at least 4 members (excludes halogenated alkanes) is 16. The van der Waals surface area contributed by atoms with E-state index in [2.05, 4.69) is 23.5 Å². The SMILES string of the molecule is O=C(O)CCCCCCCCCCCSCCSCCCCCCCCCCCC(=O)O.[H-].[Na+]. The van der Waals surface area contributed by atoms with E-state index in [-0.39, 0.29) is 31.0 Å². The van der Waals surface area contributed by atoms with Crippen molar-refractivity contribution in [3.05, 3.63) is 0 Å². The molecule has 0 bridgehead atoms. The largest absolute Gasteiger partial charge is 1.00 e. The molecule has 0 amide bonds. The predicted octanol–water partition coefficient (Wildman–Crippen LogP) is 5.54. The number of carboxylic acids is 2. The van der Waals surface area contributed by atoms with Crippen molar-refractivity contribution < 1.29 is 50.8 Å². The molecule has 192 valence electrons. The molecule has 0 saturated heterocycles. The molecule has 0 saturated carbocycles. The zero-order valence-electron chi connectivity index (χ0n) is 22.5. The minimum Gasteiger partial charge on any atom is -1.00 e. The van der Waals surface area contributed by atoms with Gasteiger partial charge in [0.15, 0.2) is 0 Å². The van der Waals surface area contributed by atoms with E-state index in [1.807, 2.05) is 0 Å². The summed E-state index contributed by atoms with van der Waals surface area (Å²) in [6.07, 6.45) is 22.8. The maximum Gasteiger partial charge on any atom is 1.00 e. The summed E-state index contributed by atoms with van der Waals surface area (Å²) in [5, 5.41) is 17.2. The third kappa shape index (κ3) is 34.9. The number of carboxylic acid groups (broad SMARTS) is 2. The molecule has 0 aliphatic carbocycles. The molecule has 0 aliphatic heterocycles. The van der Waals surface area contributed by atoms with E-state index in [1.165, 1.54) is 113 Å². The van der Waals surface area contributed by atoms with Crippen LogP contribution >= 0.6 is 23.5 Å². The van der Waals surface area contributed by atoms with Gasteiger partial charge in [-0.1, -0.05) is 89.9 Å². The average molecular weight is 515 g/mol. The standard InChI is InChI=1S/C26H50O4S2.Na.H/c27-25(28)19-15-11-7-3-1-5-9-13-17-21-31-23-24-32-22-18-14-10-6-2-4-8-12-16-20-26(29)30;;/h1-24H2,(H,27,28)(H,29,30);;/q;+1;-1. The number of aliphatic carboxylic acids is 2. The number of rotatable bonds is 27. The molecular formula is C26H51NaO4S2. The van der Waals surface area contributed by atoms with Crippen molar-refractivity contribution in [3.63, 3.8) is 0 Å². The average Bonchev–Trinajstić information content (AvgIpc) is 2.75. The third-order valence-corrected chi connectivity index (χ3v) is 8.13. The summed E-state index contributed by atoms with van der Waals surface area (Å²) in [5.74, 6) is 3.89. The predicted molar refractivity (Wildman–Crippen MR) is 143 cm³/mol. The van der Waals surface area contributed by atoms with Gasteiger partial charge in [0, 0.05) is 24.3 Å². The van der Waals surface area contributed by atoms with Crippen LogP contribution in [0.3, 0.4) is 0 Å². The van der Waals surface area contributed by atoms with Crippen LogP contribution in [0.5, 0.6) is 0 Å². The topological polar surface area (TPSA) is 74.6 Å². The summed E-state index contributed by atoms with van der Waals surface area (Å²) in [7, 11) is 0. The molecule has 33 heavy (non-hydrogen) atoms. The van der Waals surface area contributed by atoms with Crippen LogP contribution in [0.1, 0.15) is 130 Å². The molecule has 0 rings (SSSR count). The Hall–Kier alpha value is 0.640. The van der Waals surface area contributed by atoms with Crippen LogP contribution in [0.25, 0.3) is 0 Å². The van der Waals surface area contributed by atoms with Gasteiger partial charge in [-0.25, -0.2) is 0 Å². The Morgan fingerprint density at radius 1 is 0.424 bits per heavy atom. The Labute approximate surface area is 236 Å². The summed E-state index contributed by atoms with van der Waals surface area (Å²) in [6, 6.07) is 0. The molecule has 0 fully saturated rings. The van der Waals surface area contributed by atoms with Gasteiger partial charge in [0.2, 0.25) is 0 Å². The second-order valence-corrected chi connectivity index (χ2v) is 11.3. The molecule has 0 aromatic carbocycles. The second kappa shape index (κ2) is 30.7. The van der Waals surface area contributed by atoms with Crippen molar-refractivity contribution in [1.29, 1.82) is 0 Å². The van der Waals surface area contributed by atoms with Gasteiger partial charge in [-0.15, -0.1) is 0 Å². The zero-order valence-corrected chi connectivity index (χ0v) is 25.1. The fraction of sp³-hybridized carbons (Fsp3) is 0.923. The minimum absolute atomic E-state index is 0. The van der Waals surface area contributed by atoms with E-state index in [0.29, 0.717) is 12.8 Å². The van der Waals surface area contributed by atoms with Gasteiger partial charge < -0.3 is 11.6 Å². The van der Waals surface area contributed by atoms with Crippen LogP contribution in [-0.4, -0.2) is 45.2 Å². The molecule has 0 atom stereocenters. The quantitative estimate of drug-likeness (QED) is 0.111. The first-order valence-corrected chi connectivity index (χ1v) is 15.5. The molecule has 0 aromatic heterocycles. The van der Waals surface area contributed by atoms with Crippen LogP contribution in [0.2, 0.25) is 0 Å². The van der Waals surface area contributed by atoms with Gasteiger partial charge in [-0.05, 0) is 37.2 Å². The Kier molecular flexibility index (Phi) is 33.3. The van der Waals surface area contributed by atoms with Crippen LogP contribution in [0.4, 0.5) is 0 Å². The second-order valence-electron chi connectivity index (χ2n) is 8.88. The van der Waals surface area contributed by atoms with Crippen molar-refractivity contribution >= 4 is 35.5 Å². The van der Waals surface area contributed by atoms with E-state index in [0.717, 1.165) is 25.7 Å². The van der Waals surface area contributed by atoms with E-state index in [9.17, 15) is 9.59 Å². The van der Waals surface area contributed by atoms with Gasteiger partial charge in [0.1, 0.15) is 0 Å². The molecule has 7 heteroatoms. The molecule has 0 radical (unpaired) electrons. The van der Waals surface area contributed by atoms with Gasteiger partial charge in [0.05, 0.1) is 0 Å². The first-order chi connectivity index (χ1) is 15.6. The van der Waals surface area contributed by atoms with Crippen molar-refractivity contribution in [2.45, 2.75) is 128 Å². The fourth-order valence-electron chi connectivity index (χ4n) is 3.76. The van der Waals surface area contributed by atoms with Crippen LogP contribution in [0, 0.1) is 0 Å². The minimum atomic E-state index is -0.663. The van der Waals surface area contributed by atoms with Crippen LogP contribution in [0.15, 0.2) is 0 Å². The normalized spacial score (nSPS) is 10.8. The third-order valence-electron chi connectivity index (χ3n) is 5.73. The summed E-state index contributed by atoms with van der Waals surface area (Å²) >= 11 is 4.23. The van der Waals surface area contributed by atoms with E-state index in [4.69, 9.17) is 10.2 Å². The van der Waals surface area contributed by atoms with Crippen molar-refractivity contribution in [2.75, 3.05) is 23.0 Å².